The maximum absolute atomic E-state index is 13.1. The molecule has 1 saturated heterocycles. The molecular weight excluding hydrogens is 438 g/mol. The Balaban J connectivity index is 1.44. The highest BCUT2D eigenvalue weighted by Gasteiger charge is 2.24. The molecule has 3 heterocycles. The third-order valence-electron chi connectivity index (χ3n) is 6.20. The first kappa shape index (κ1) is 23.2. The van der Waals surface area contributed by atoms with Gasteiger partial charge in [0.1, 0.15) is 11.3 Å². The summed E-state index contributed by atoms with van der Waals surface area (Å²) in [5.41, 5.74) is 3.05. The number of H-pyrrole nitrogens is 1. The van der Waals surface area contributed by atoms with Crippen molar-refractivity contribution >= 4 is 34.4 Å². The maximum atomic E-state index is 13.1. The number of amides is 1. The van der Waals surface area contributed by atoms with E-state index in [0.29, 0.717) is 29.3 Å². The number of benzene rings is 1. The molecule has 0 bridgehead atoms. The summed E-state index contributed by atoms with van der Waals surface area (Å²) in [7, 11) is 1.68. The standard InChI is InChI=1S/C24H31N5O3S/c1-5-17(3)29-23(31)22-18(14-16(2)25-22)26-24(29)33-15-21(30)28-12-10-27(11-13-28)19-8-6-7-9-20(19)32-4/h6-9,14,17,25H,5,10-13,15H2,1-4H3. The van der Waals surface area contributed by atoms with Crippen molar-refractivity contribution in [2.24, 2.45) is 0 Å². The van der Waals surface area contributed by atoms with Gasteiger partial charge in [-0.05, 0) is 38.5 Å². The average Bonchev–Trinajstić information content (AvgIpc) is 3.22. The van der Waals surface area contributed by atoms with Crippen LogP contribution in [0.25, 0.3) is 11.0 Å². The van der Waals surface area contributed by atoms with Crippen LogP contribution in [0.3, 0.4) is 0 Å². The number of carbonyl (C=O) groups is 1. The largest absolute Gasteiger partial charge is 0.495 e. The number of hydrogen-bond donors (Lipinski definition) is 1. The minimum absolute atomic E-state index is 0.00000540. The Morgan fingerprint density at radius 3 is 2.67 bits per heavy atom. The first-order valence-electron chi connectivity index (χ1n) is 11.3. The first-order valence-corrected chi connectivity index (χ1v) is 12.3. The summed E-state index contributed by atoms with van der Waals surface area (Å²) in [6.07, 6.45) is 0.805. The summed E-state index contributed by atoms with van der Waals surface area (Å²) >= 11 is 1.35. The fraction of sp³-hybridized carbons (Fsp3) is 0.458. The van der Waals surface area contributed by atoms with E-state index in [9.17, 15) is 9.59 Å². The predicted octanol–water partition coefficient (Wildman–Crippen LogP) is 3.45. The minimum atomic E-state index is -0.0807. The van der Waals surface area contributed by atoms with E-state index in [4.69, 9.17) is 9.72 Å². The number of rotatable bonds is 7. The zero-order chi connectivity index (χ0) is 23.5. The number of nitrogens with zero attached hydrogens (tertiary/aromatic N) is 4. The van der Waals surface area contributed by atoms with E-state index in [1.165, 1.54) is 11.8 Å². The van der Waals surface area contributed by atoms with Gasteiger partial charge in [-0.15, -0.1) is 0 Å². The second kappa shape index (κ2) is 9.91. The number of hydrogen-bond acceptors (Lipinski definition) is 6. The molecule has 1 atom stereocenters. The monoisotopic (exact) mass is 469 g/mol. The van der Waals surface area contributed by atoms with E-state index in [1.54, 1.807) is 11.7 Å². The van der Waals surface area contributed by atoms with Crippen LogP contribution < -0.4 is 15.2 Å². The van der Waals surface area contributed by atoms with Crippen LogP contribution in [0.2, 0.25) is 0 Å². The number of aryl methyl sites for hydroxylation is 1. The van der Waals surface area contributed by atoms with E-state index >= 15 is 0 Å². The summed E-state index contributed by atoms with van der Waals surface area (Å²) in [4.78, 5) is 38.1. The molecule has 1 aromatic carbocycles. The third kappa shape index (κ3) is 4.73. The Hall–Kier alpha value is -2.94. The summed E-state index contributed by atoms with van der Waals surface area (Å²) in [5, 5.41) is 0.599. The lowest BCUT2D eigenvalue weighted by atomic mass is 10.2. The average molecular weight is 470 g/mol. The predicted molar refractivity (Wildman–Crippen MR) is 133 cm³/mol. The molecule has 1 aliphatic heterocycles. The van der Waals surface area contributed by atoms with E-state index in [2.05, 4.69) is 9.88 Å². The number of para-hydroxylation sites is 2. The lowest BCUT2D eigenvalue weighted by Crippen LogP contribution is -2.49. The Labute approximate surface area is 197 Å². The highest BCUT2D eigenvalue weighted by Crippen LogP contribution is 2.29. The van der Waals surface area contributed by atoms with Gasteiger partial charge in [-0.2, -0.15) is 0 Å². The maximum Gasteiger partial charge on any atom is 0.278 e. The van der Waals surface area contributed by atoms with Crippen molar-refractivity contribution in [1.82, 2.24) is 19.4 Å². The summed E-state index contributed by atoms with van der Waals surface area (Å²) < 4.78 is 7.20. The number of nitrogens with one attached hydrogen (secondary N) is 1. The van der Waals surface area contributed by atoms with Crippen molar-refractivity contribution < 1.29 is 9.53 Å². The second-order valence-electron chi connectivity index (χ2n) is 8.37. The van der Waals surface area contributed by atoms with Crippen LogP contribution in [0.4, 0.5) is 5.69 Å². The van der Waals surface area contributed by atoms with Crippen LogP contribution in [-0.4, -0.2) is 64.4 Å². The Morgan fingerprint density at radius 2 is 1.97 bits per heavy atom. The number of methoxy groups -OCH3 is 1. The molecule has 2 aromatic heterocycles. The van der Waals surface area contributed by atoms with E-state index < -0.39 is 0 Å². The smallest absolute Gasteiger partial charge is 0.278 e. The lowest BCUT2D eigenvalue weighted by Gasteiger charge is -2.36. The highest BCUT2D eigenvalue weighted by atomic mass is 32.2. The molecule has 4 rings (SSSR count). The Morgan fingerprint density at radius 1 is 1.24 bits per heavy atom. The number of carbonyl (C=O) groups excluding carboxylic acids is 1. The van der Waals surface area contributed by atoms with Crippen molar-refractivity contribution in [3.8, 4) is 5.75 Å². The first-order chi connectivity index (χ1) is 15.9. The molecule has 1 N–H and O–H groups in total. The van der Waals surface area contributed by atoms with Gasteiger partial charge < -0.3 is 19.5 Å². The van der Waals surface area contributed by atoms with Gasteiger partial charge in [-0.1, -0.05) is 30.8 Å². The number of thioether (sulfide) groups is 1. The molecular formula is C24H31N5O3S. The van der Waals surface area contributed by atoms with Gasteiger partial charge in [0.2, 0.25) is 5.91 Å². The van der Waals surface area contributed by atoms with E-state index in [1.807, 2.05) is 56.0 Å². The van der Waals surface area contributed by atoms with Crippen LogP contribution >= 0.6 is 11.8 Å². The quantitative estimate of drug-likeness (QED) is 0.422. The molecule has 1 fully saturated rings. The number of fused-ring (bicyclic) bond motifs is 1. The van der Waals surface area contributed by atoms with E-state index in [-0.39, 0.29) is 23.3 Å². The molecule has 0 spiro atoms. The molecule has 176 valence electrons. The van der Waals surface area contributed by atoms with Crippen LogP contribution in [-0.2, 0) is 4.79 Å². The minimum Gasteiger partial charge on any atom is -0.495 e. The topological polar surface area (TPSA) is 83.5 Å². The number of anilines is 1. The van der Waals surface area contributed by atoms with Gasteiger partial charge in [-0.25, -0.2) is 4.98 Å². The van der Waals surface area contributed by atoms with Crippen molar-refractivity contribution in [3.05, 3.63) is 46.4 Å². The summed E-state index contributed by atoms with van der Waals surface area (Å²) in [6, 6.07) is 9.83. The molecule has 1 unspecified atom stereocenters. The summed E-state index contributed by atoms with van der Waals surface area (Å²) in [6.45, 7) is 8.77. The van der Waals surface area contributed by atoms with Gasteiger partial charge in [0.15, 0.2) is 5.16 Å². The SMILES string of the molecule is CCC(C)n1c(SCC(=O)N2CCN(c3ccccc3OC)CC2)nc2cc(C)[nH]c2c1=O. The molecule has 0 aliphatic carbocycles. The molecule has 0 saturated carbocycles. The zero-order valence-electron chi connectivity index (χ0n) is 19.6. The van der Waals surface area contributed by atoms with Crippen molar-refractivity contribution in [3.63, 3.8) is 0 Å². The Bertz CT molecular complexity index is 1200. The molecule has 1 amide bonds. The zero-order valence-corrected chi connectivity index (χ0v) is 20.4. The van der Waals surface area contributed by atoms with Gasteiger partial charge in [0, 0.05) is 37.9 Å². The molecule has 9 heteroatoms. The molecule has 8 nitrogen and oxygen atoms in total. The second-order valence-corrected chi connectivity index (χ2v) is 9.31. The van der Waals surface area contributed by atoms with Gasteiger partial charge in [-0.3, -0.25) is 14.2 Å². The number of aromatic amines is 1. The van der Waals surface area contributed by atoms with Crippen LogP contribution in [0.1, 0.15) is 32.0 Å². The van der Waals surface area contributed by atoms with Gasteiger partial charge in [0.05, 0.1) is 24.1 Å². The van der Waals surface area contributed by atoms with Gasteiger partial charge >= 0.3 is 0 Å². The number of aromatic nitrogens is 3. The van der Waals surface area contributed by atoms with Crippen LogP contribution in [0.5, 0.6) is 5.75 Å². The number of ether oxygens (including phenoxy) is 1. The Kier molecular flexibility index (Phi) is 6.97. The van der Waals surface area contributed by atoms with Gasteiger partial charge in [0.25, 0.3) is 5.56 Å². The highest BCUT2D eigenvalue weighted by molar-refractivity contribution is 7.99. The molecule has 3 aromatic rings. The molecule has 1 aliphatic rings. The van der Waals surface area contributed by atoms with Crippen LogP contribution in [0.15, 0.2) is 40.3 Å². The van der Waals surface area contributed by atoms with Crippen molar-refractivity contribution in [2.75, 3.05) is 43.9 Å². The fourth-order valence-corrected chi connectivity index (χ4v) is 5.17. The molecule has 33 heavy (non-hydrogen) atoms. The van der Waals surface area contributed by atoms with E-state index in [0.717, 1.165) is 36.6 Å². The van der Waals surface area contributed by atoms with Crippen molar-refractivity contribution in [1.29, 1.82) is 0 Å². The summed E-state index contributed by atoms with van der Waals surface area (Å²) in [5.74, 6) is 1.17. The molecule has 0 radical (unpaired) electrons. The third-order valence-corrected chi connectivity index (χ3v) is 7.14. The van der Waals surface area contributed by atoms with Crippen molar-refractivity contribution in [2.45, 2.75) is 38.4 Å². The normalized spacial score (nSPS) is 15.2. The van der Waals surface area contributed by atoms with Crippen LogP contribution in [0, 0.1) is 6.92 Å². The number of piperazine rings is 1. The fourth-order valence-electron chi connectivity index (χ4n) is 4.17. The lowest BCUT2D eigenvalue weighted by molar-refractivity contribution is -0.128.